The molecule has 0 spiro atoms. The third-order valence-corrected chi connectivity index (χ3v) is 4.16. The lowest BCUT2D eigenvalue weighted by Gasteiger charge is -2.34. The number of ether oxygens (including phenoxy) is 1. The van der Waals surface area contributed by atoms with E-state index in [0.717, 1.165) is 52.4 Å². The lowest BCUT2D eigenvalue weighted by atomic mass is 10.1. The Hall–Kier alpha value is -0.730. The summed E-state index contributed by atoms with van der Waals surface area (Å²) in [6.45, 7) is 8.20. The Balaban J connectivity index is 2.13. The zero-order valence-corrected chi connectivity index (χ0v) is 12.2. The summed E-state index contributed by atoms with van der Waals surface area (Å²) in [4.78, 5) is 16.1. The highest BCUT2D eigenvalue weighted by atomic mass is 16.5. The fourth-order valence-corrected chi connectivity index (χ4v) is 2.97. The van der Waals surface area contributed by atoms with Crippen LogP contribution in [0.4, 0.5) is 0 Å². The second-order valence-corrected chi connectivity index (χ2v) is 5.39. The van der Waals surface area contributed by atoms with Crippen molar-refractivity contribution < 1.29 is 14.6 Å². The van der Waals surface area contributed by atoms with Crippen molar-refractivity contribution >= 4 is 5.97 Å². The predicted octanol–water partition coefficient (Wildman–Crippen LogP) is -1.73. The fourth-order valence-electron chi connectivity index (χ4n) is 2.97. The minimum absolute atomic E-state index is 0.127. The maximum absolute atomic E-state index is 11.4. The third-order valence-electron chi connectivity index (χ3n) is 4.16. The molecule has 4 unspecified atom stereocenters. The van der Waals surface area contributed by atoms with E-state index < -0.39 is 12.1 Å². The fraction of sp³-hybridized carbons (Fsp3) is 0.923. The number of fused-ring (bicyclic) bond motifs is 3. The third kappa shape index (κ3) is 4.13. The van der Waals surface area contributed by atoms with Gasteiger partial charge in [-0.2, -0.15) is 0 Å². The topological polar surface area (TPSA) is 77.1 Å². The maximum Gasteiger partial charge on any atom is 0.334 e. The van der Waals surface area contributed by atoms with Crippen LogP contribution in [-0.4, -0.2) is 99.0 Å². The molecule has 0 aromatic carbocycles. The van der Waals surface area contributed by atoms with Crippen molar-refractivity contribution in [2.75, 3.05) is 66.0 Å². The summed E-state index contributed by atoms with van der Waals surface area (Å²) >= 11 is 0. The lowest BCUT2D eigenvalue weighted by molar-refractivity contribution is -0.153. The average molecular weight is 286 g/mol. The zero-order valence-electron chi connectivity index (χ0n) is 12.2. The minimum atomic E-state index is -0.886. The van der Waals surface area contributed by atoms with E-state index in [4.69, 9.17) is 4.74 Å². The largest absolute Gasteiger partial charge is 0.479 e. The predicted molar refractivity (Wildman–Crippen MR) is 76.0 cm³/mol. The Bertz CT molecular complexity index is 316. The number of nitrogens with zero attached hydrogens (tertiary/aromatic N) is 2. The summed E-state index contributed by atoms with van der Waals surface area (Å²) < 4.78 is 5.23. The first-order valence-corrected chi connectivity index (χ1v) is 7.36. The van der Waals surface area contributed by atoms with E-state index in [1.54, 1.807) is 0 Å². The number of methoxy groups -OCH3 is 1. The molecular weight excluding hydrogens is 260 g/mol. The zero-order chi connectivity index (χ0) is 14.4. The first-order valence-electron chi connectivity index (χ1n) is 7.36. The Morgan fingerprint density at radius 3 is 2.55 bits per heavy atom. The molecule has 2 aliphatic rings. The molecule has 0 aromatic rings. The van der Waals surface area contributed by atoms with Gasteiger partial charge in [-0.05, 0) is 0 Å². The van der Waals surface area contributed by atoms with Crippen molar-refractivity contribution in [3.05, 3.63) is 0 Å². The molecule has 4 atom stereocenters. The molecule has 3 N–H and O–H groups in total. The van der Waals surface area contributed by atoms with Crippen LogP contribution in [0.15, 0.2) is 0 Å². The molecule has 0 aliphatic carbocycles. The maximum atomic E-state index is 11.4. The summed E-state index contributed by atoms with van der Waals surface area (Å²) in [6, 6.07) is -0.127. The highest BCUT2D eigenvalue weighted by Gasteiger charge is 2.33. The van der Waals surface area contributed by atoms with Crippen LogP contribution in [-0.2, 0) is 9.53 Å². The summed E-state index contributed by atoms with van der Waals surface area (Å²) in [5.74, 6) is -0.886. The molecule has 116 valence electrons. The van der Waals surface area contributed by atoms with Crippen LogP contribution in [0.25, 0.3) is 0 Å². The van der Waals surface area contributed by atoms with Crippen LogP contribution in [0.3, 0.4) is 0 Å². The van der Waals surface area contributed by atoms with Gasteiger partial charge < -0.3 is 20.5 Å². The van der Waals surface area contributed by atoms with Gasteiger partial charge in [-0.1, -0.05) is 0 Å². The molecule has 7 heteroatoms. The van der Waals surface area contributed by atoms with Crippen LogP contribution in [0.2, 0.25) is 0 Å². The van der Waals surface area contributed by atoms with Crippen LogP contribution in [0.1, 0.15) is 0 Å². The Labute approximate surface area is 120 Å². The van der Waals surface area contributed by atoms with Gasteiger partial charge in [-0.25, -0.2) is 4.79 Å². The van der Waals surface area contributed by atoms with Gasteiger partial charge in [0.05, 0.1) is 6.04 Å². The van der Waals surface area contributed by atoms with E-state index in [1.165, 1.54) is 7.11 Å². The molecule has 0 saturated carbocycles. The smallest absolute Gasteiger partial charge is 0.334 e. The molecule has 0 radical (unpaired) electrons. The first kappa shape index (κ1) is 15.7. The van der Waals surface area contributed by atoms with Gasteiger partial charge in [0, 0.05) is 66.0 Å². The number of hydrogen-bond acceptors (Lipinski definition) is 6. The second kappa shape index (κ2) is 7.90. The number of aliphatic carboxylic acids is 1. The van der Waals surface area contributed by atoms with Gasteiger partial charge in [-0.15, -0.1) is 0 Å². The number of carboxylic acid groups (broad SMARTS) is 1. The van der Waals surface area contributed by atoms with Crippen molar-refractivity contribution in [2.24, 2.45) is 0 Å². The summed E-state index contributed by atoms with van der Waals surface area (Å²) in [5.41, 5.74) is 0. The quantitative estimate of drug-likeness (QED) is 0.569. The first-order chi connectivity index (χ1) is 9.72. The van der Waals surface area contributed by atoms with Crippen LogP contribution in [0, 0.1) is 0 Å². The van der Waals surface area contributed by atoms with Crippen molar-refractivity contribution in [1.29, 1.82) is 0 Å². The molecule has 20 heavy (non-hydrogen) atoms. The number of nitrogens with one attached hydrogen (secondary N) is 2. The normalized spacial score (nSPS) is 34.0. The minimum Gasteiger partial charge on any atom is -0.479 e. The van der Waals surface area contributed by atoms with Gasteiger partial charge in [-0.3, -0.25) is 9.80 Å². The number of rotatable bonds is 3. The van der Waals surface area contributed by atoms with E-state index in [2.05, 4.69) is 20.4 Å². The van der Waals surface area contributed by atoms with Crippen molar-refractivity contribution in [2.45, 2.75) is 12.1 Å². The van der Waals surface area contributed by atoms with Crippen molar-refractivity contribution in [3.8, 4) is 0 Å². The highest BCUT2D eigenvalue weighted by molar-refractivity contribution is 5.73. The van der Waals surface area contributed by atoms with Gasteiger partial charge in [0.25, 0.3) is 0 Å². The average Bonchev–Trinajstić information content (AvgIpc) is 2.58. The Morgan fingerprint density at radius 2 is 1.85 bits per heavy atom. The molecule has 0 amide bonds. The Kier molecular flexibility index (Phi) is 6.18. The van der Waals surface area contributed by atoms with E-state index in [0.29, 0.717) is 6.54 Å². The molecule has 7 nitrogen and oxygen atoms in total. The number of carbonyl (C=O) groups is 1. The van der Waals surface area contributed by atoms with E-state index in [-0.39, 0.29) is 6.04 Å². The Morgan fingerprint density at radius 1 is 1.15 bits per heavy atom. The molecule has 2 saturated heterocycles. The highest BCUT2D eigenvalue weighted by Crippen LogP contribution is 2.10. The van der Waals surface area contributed by atoms with Gasteiger partial charge in [0.1, 0.15) is 0 Å². The van der Waals surface area contributed by atoms with E-state index in [1.807, 2.05) is 0 Å². The second-order valence-electron chi connectivity index (χ2n) is 5.39. The molecule has 2 bridgehead atoms. The van der Waals surface area contributed by atoms with Gasteiger partial charge in [0.15, 0.2) is 6.10 Å². The summed E-state index contributed by atoms with van der Waals surface area (Å²) in [5, 5.41) is 16.2. The molecule has 2 fully saturated rings. The molecular formula is C13H26N4O3. The van der Waals surface area contributed by atoms with Crippen molar-refractivity contribution in [3.63, 3.8) is 0 Å². The van der Waals surface area contributed by atoms with E-state index in [9.17, 15) is 9.90 Å². The van der Waals surface area contributed by atoms with Crippen molar-refractivity contribution in [1.82, 2.24) is 20.4 Å². The molecule has 0 aromatic heterocycles. The number of carboxylic acids is 1. The standard InChI is InChI=1S/C13H26N4O3/c1-20-12(13(18)19)11-10-15-3-6-16-5-2-14-4-7-17(11)9-8-16/h11-12,14-15H,2-10H2,1H3,(H,18,19). The number of hydrogen-bond donors (Lipinski definition) is 3. The van der Waals surface area contributed by atoms with Crippen LogP contribution < -0.4 is 10.6 Å². The molecule has 2 aliphatic heterocycles. The van der Waals surface area contributed by atoms with Crippen LogP contribution in [0.5, 0.6) is 0 Å². The monoisotopic (exact) mass is 286 g/mol. The summed E-state index contributed by atoms with van der Waals surface area (Å²) in [7, 11) is 1.48. The summed E-state index contributed by atoms with van der Waals surface area (Å²) in [6.07, 6.45) is -0.783. The van der Waals surface area contributed by atoms with Gasteiger partial charge >= 0.3 is 5.97 Å². The van der Waals surface area contributed by atoms with Crippen LogP contribution >= 0.6 is 0 Å². The lowest BCUT2D eigenvalue weighted by Crippen LogP contribution is -2.54. The van der Waals surface area contributed by atoms with Gasteiger partial charge in [0.2, 0.25) is 0 Å². The molecule has 2 rings (SSSR count). The molecule has 2 heterocycles. The SMILES string of the molecule is COC(C(=O)O)C1CNCCN2CCNCCN1CC2. The van der Waals surface area contributed by atoms with E-state index >= 15 is 0 Å².